The van der Waals surface area contributed by atoms with Crippen molar-refractivity contribution in [3.05, 3.63) is 0 Å². The van der Waals surface area contributed by atoms with Crippen molar-refractivity contribution in [2.75, 3.05) is 0 Å². The minimum Gasteiger partial charge on any atom is -0.393 e. The number of hydrogen-bond acceptors (Lipinski definition) is 2. The van der Waals surface area contributed by atoms with Gasteiger partial charge in [0.2, 0.25) is 0 Å². The molecule has 0 amide bonds. The quantitative estimate of drug-likeness (QED) is 0.599. The fourth-order valence-corrected chi connectivity index (χ4v) is 0.562. The largest absolute Gasteiger partial charge is 0.393 e. The second-order valence-electron chi connectivity index (χ2n) is 3.20. The Bertz CT molecular complexity index is 71.5. The summed E-state index contributed by atoms with van der Waals surface area (Å²) in [6, 6.07) is 0. The van der Waals surface area contributed by atoms with E-state index >= 15 is 0 Å². The number of hydrogen-bond donors (Lipinski definition) is 2. The van der Waals surface area contributed by atoms with Gasteiger partial charge in [-0.25, -0.2) is 0 Å². The number of rotatable bonds is 3. The van der Waals surface area contributed by atoms with E-state index in [-0.39, 0.29) is 6.10 Å². The summed E-state index contributed by atoms with van der Waals surface area (Å²) in [5, 5.41) is 18.0. The third kappa shape index (κ3) is 7.92. The Hall–Kier alpha value is -0.0800. The maximum atomic E-state index is 9.16. The van der Waals surface area contributed by atoms with E-state index in [0.717, 1.165) is 0 Å². The Balaban J connectivity index is 3.28. The average Bonchev–Trinajstić information content (AvgIpc) is 1.59. The molecule has 0 aliphatic rings. The molecule has 0 heterocycles. The van der Waals surface area contributed by atoms with Crippen LogP contribution < -0.4 is 0 Å². The van der Waals surface area contributed by atoms with E-state index in [1.54, 1.807) is 20.8 Å². The third-order valence-corrected chi connectivity index (χ3v) is 1.17. The van der Waals surface area contributed by atoms with E-state index in [9.17, 15) is 0 Å². The molecular weight excluding hydrogens is 116 g/mol. The van der Waals surface area contributed by atoms with Gasteiger partial charge < -0.3 is 10.2 Å². The molecule has 9 heavy (non-hydrogen) atoms. The lowest BCUT2D eigenvalue weighted by atomic mass is 10.0. The highest BCUT2D eigenvalue weighted by Crippen LogP contribution is 2.11. The Morgan fingerprint density at radius 3 is 2.00 bits per heavy atom. The lowest BCUT2D eigenvalue weighted by Gasteiger charge is -2.17. The van der Waals surface area contributed by atoms with Crippen molar-refractivity contribution in [3.8, 4) is 0 Å². The Morgan fingerprint density at radius 1 is 1.44 bits per heavy atom. The first kappa shape index (κ1) is 8.92. The second kappa shape index (κ2) is 3.18. The van der Waals surface area contributed by atoms with Crippen molar-refractivity contribution in [2.45, 2.75) is 45.3 Å². The van der Waals surface area contributed by atoms with Crippen LogP contribution in [0.15, 0.2) is 0 Å². The number of aliphatic hydroxyl groups excluding tert-OH is 1. The maximum absolute atomic E-state index is 9.16. The molecule has 0 aliphatic heterocycles. The predicted molar refractivity (Wildman–Crippen MR) is 37.2 cm³/mol. The van der Waals surface area contributed by atoms with E-state index < -0.39 is 5.60 Å². The molecule has 0 aliphatic carbocycles. The molecule has 0 rings (SSSR count). The molecule has 0 radical (unpaired) electrons. The van der Waals surface area contributed by atoms with Crippen LogP contribution in [-0.2, 0) is 0 Å². The zero-order valence-corrected chi connectivity index (χ0v) is 6.39. The summed E-state index contributed by atoms with van der Waals surface area (Å²) in [7, 11) is 0. The van der Waals surface area contributed by atoms with Crippen molar-refractivity contribution in [1.29, 1.82) is 0 Å². The van der Waals surface area contributed by atoms with Crippen LogP contribution in [0.5, 0.6) is 0 Å². The van der Waals surface area contributed by atoms with Gasteiger partial charge in [0.1, 0.15) is 0 Å². The molecule has 0 saturated heterocycles. The molecule has 1 atom stereocenters. The summed E-state index contributed by atoms with van der Waals surface area (Å²) in [4.78, 5) is 0. The van der Waals surface area contributed by atoms with E-state index in [2.05, 4.69) is 0 Å². The first-order chi connectivity index (χ1) is 3.92. The lowest BCUT2D eigenvalue weighted by Crippen LogP contribution is -2.20. The predicted octanol–water partition coefficient (Wildman–Crippen LogP) is 0.918. The standard InChI is InChI=1S/C7H16O2/c1-6(8)4-5-7(2,3)9/h6,8-9H,4-5H2,1-3H3. The Labute approximate surface area is 56.5 Å². The van der Waals surface area contributed by atoms with Gasteiger partial charge >= 0.3 is 0 Å². The highest BCUT2D eigenvalue weighted by atomic mass is 16.3. The molecule has 0 spiro atoms. The zero-order chi connectivity index (χ0) is 7.49. The molecule has 0 fully saturated rings. The van der Waals surface area contributed by atoms with Gasteiger partial charge in [0.25, 0.3) is 0 Å². The van der Waals surface area contributed by atoms with Crippen LogP contribution in [0.1, 0.15) is 33.6 Å². The van der Waals surface area contributed by atoms with Gasteiger partial charge in [-0.3, -0.25) is 0 Å². The van der Waals surface area contributed by atoms with E-state index in [0.29, 0.717) is 12.8 Å². The maximum Gasteiger partial charge on any atom is 0.0592 e. The Morgan fingerprint density at radius 2 is 1.89 bits per heavy atom. The lowest BCUT2D eigenvalue weighted by molar-refractivity contribution is 0.0519. The first-order valence-electron chi connectivity index (χ1n) is 3.32. The monoisotopic (exact) mass is 132 g/mol. The summed E-state index contributed by atoms with van der Waals surface area (Å²) in [6.07, 6.45) is 1.03. The van der Waals surface area contributed by atoms with E-state index in [1.807, 2.05) is 0 Å². The fraction of sp³-hybridized carbons (Fsp3) is 1.00. The van der Waals surface area contributed by atoms with Gasteiger partial charge in [-0.05, 0) is 33.6 Å². The fourth-order valence-electron chi connectivity index (χ4n) is 0.562. The molecule has 56 valence electrons. The van der Waals surface area contributed by atoms with Gasteiger partial charge in [0.05, 0.1) is 11.7 Å². The molecule has 0 aromatic rings. The van der Waals surface area contributed by atoms with Gasteiger partial charge in [0, 0.05) is 0 Å². The van der Waals surface area contributed by atoms with Crippen LogP contribution in [0.4, 0.5) is 0 Å². The number of aliphatic hydroxyl groups is 2. The van der Waals surface area contributed by atoms with Crippen molar-refractivity contribution in [3.63, 3.8) is 0 Å². The highest BCUT2D eigenvalue weighted by molar-refractivity contribution is 4.65. The van der Waals surface area contributed by atoms with Crippen molar-refractivity contribution < 1.29 is 10.2 Å². The third-order valence-electron chi connectivity index (χ3n) is 1.17. The normalized spacial score (nSPS) is 15.7. The van der Waals surface area contributed by atoms with Crippen LogP contribution in [0.25, 0.3) is 0 Å². The minimum absolute atomic E-state index is 0.295. The Kier molecular flexibility index (Phi) is 3.15. The van der Waals surface area contributed by atoms with Gasteiger partial charge in [-0.1, -0.05) is 0 Å². The van der Waals surface area contributed by atoms with Gasteiger partial charge in [0.15, 0.2) is 0 Å². The van der Waals surface area contributed by atoms with E-state index in [4.69, 9.17) is 10.2 Å². The van der Waals surface area contributed by atoms with Gasteiger partial charge in [-0.2, -0.15) is 0 Å². The van der Waals surface area contributed by atoms with E-state index in [1.165, 1.54) is 0 Å². The SMILES string of the molecule is CC(O)CCC(C)(C)O. The summed E-state index contributed by atoms with van der Waals surface area (Å²) in [6.45, 7) is 5.22. The molecule has 2 heteroatoms. The van der Waals surface area contributed by atoms with Crippen molar-refractivity contribution >= 4 is 0 Å². The molecule has 2 N–H and O–H groups in total. The van der Waals surface area contributed by atoms with Gasteiger partial charge in [-0.15, -0.1) is 0 Å². The van der Waals surface area contributed by atoms with Crippen LogP contribution in [-0.4, -0.2) is 21.9 Å². The summed E-state index contributed by atoms with van der Waals surface area (Å²) < 4.78 is 0. The first-order valence-corrected chi connectivity index (χ1v) is 3.32. The highest BCUT2D eigenvalue weighted by Gasteiger charge is 2.12. The zero-order valence-electron chi connectivity index (χ0n) is 6.39. The second-order valence-corrected chi connectivity index (χ2v) is 3.20. The minimum atomic E-state index is -0.628. The van der Waals surface area contributed by atoms with Crippen LogP contribution in [0.3, 0.4) is 0 Å². The van der Waals surface area contributed by atoms with Crippen LogP contribution in [0, 0.1) is 0 Å². The molecule has 0 saturated carbocycles. The molecule has 0 aromatic heterocycles. The molecule has 0 aromatic carbocycles. The summed E-state index contributed by atoms with van der Waals surface area (Å²) in [5.41, 5.74) is -0.628. The molecule has 1 unspecified atom stereocenters. The smallest absolute Gasteiger partial charge is 0.0592 e. The van der Waals surface area contributed by atoms with Crippen molar-refractivity contribution in [2.24, 2.45) is 0 Å². The summed E-state index contributed by atoms with van der Waals surface area (Å²) in [5.74, 6) is 0. The topological polar surface area (TPSA) is 40.5 Å². The molecule has 0 bridgehead atoms. The summed E-state index contributed by atoms with van der Waals surface area (Å²) >= 11 is 0. The molecule has 2 nitrogen and oxygen atoms in total. The van der Waals surface area contributed by atoms with Crippen molar-refractivity contribution in [1.82, 2.24) is 0 Å². The molecular formula is C7H16O2. The van der Waals surface area contributed by atoms with Crippen LogP contribution in [0.2, 0.25) is 0 Å². The van der Waals surface area contributed by atoms with Crippen LogP contribution >= 0.6 is 0 Å². The average molecular weight is 132 g/mol.